The average molecular weight is 282 g/mol. The van der Waals surface area contributed by atoms with Crippen molar-refractivity contribution in [2.45, 2.75) is 0 Å². The molecule has 3 rings (SSSR count). The van der Waals surface area contributed by atoms with Crippen LogP contribution in [0.1, 0.15) is 10.4 Å². The third kappa shape index (κ3) is 2.05. The van der Waals surface area contributed by atoms with Crippen LogP contribution in [0, 0.1) is 0 Å². The van der Waals surface area contributed by atoms with E-state index in [1.54, 1.807) is 26.4 Å². The minimum Gasteiger partial charge on any atom is -0.496 e. The largest absolute Gasteiger partial charge is 0.496 e. The van der Waals surface area contributed by atoms with Crippen LogP contribution in [0.3, 0.4) is 0 Å². The first kappa shape index (κ1) is 13.2. The SMILES string of the molecule is COc1cccc2cc3c(C(=O)O)ccc(OC)c3cc12. The van der Waals surface area contributed by atoms with Gasteiger partial charge in [0.1, 0.15) is 11.5 Å². The molecule has 21 heavy (non-hydrogen) atoms. The van der Waals surface area contributed by atoms with Crippen molar-refractivity contribution < 1.29 is 19.4 Å². The van der Waals surface area contributed by atoms with E-state index in [9.17, 15) is 9.90 Å². The Morgan fingerprint density at radius 1 is 0.905 bits per heavy atom. The van der Waals surface area contributed by atoms with Crippen LogP contribution < -0.4 is 9.47 Å². The Hall–Kier alpha value is -2.75. The molecule has 0 aromatic heterocycles. The fourth-order valence-electron chi connectivity index (χ4n) is 2.60. The standard InChI is InChI=1S/C17H14O4/c1-20-15-5-3-4-10-8-13-11(17(18)19)6-7-16(21-2)14(13)9-12(10)15/h3-9H,1-2H3,(H,18,19). The second-order valence-corrected chi connectivity index (χ2v) is 4.70. The Bertz CT molecular complexity index is 852. The van der Waals surface area contributed by atoms with Gasteiger partial charge in [-0.15, -0.1) is 0 Å². The minimum absolute atomic E-state index is 0.260. The summed E-state index contributed by atoms with van der Waals surface area (Å²) in [6.45, 7) is 0. The van der Waals surface area contributed by atoms with Crippen LogP contribution in [0.25, 0.3) is 21.5 Å². The maximum atomic E-state index is 11.4. The Morgan fingerprint density at radius 3 is 2.29 bits per heavy atom. The zero-order chi connectivity index (χ0) is 15.0. The van der Waals surface area contributed by atoms with Gasteiger partial charge in [0.25, 0.3) is 0 Å². The molecule has 0 heterocycles. The molecule has 0 aliphatic rings. The maximum absolute atomic E-state index is 11.4. The molecule has 0 atom stereocenters. The second kappa shape index (κ2) is 4.98. The Balaban J connectivity index is 2.49. The number of fused-ring (bicyclic) bond motifs is 2. The highest BCUT2D eigenvalue weighted by Gasteiger charge is 2.14. The molecule has 4 heteroatoms. The molecular weight excluding hydrogens is 268 g/mol. The molecule has 0 aliphatic heterocycles. The second-order valence-electron chi connectivity index (χ2n) is 4.70. The van der Waals surface area contributed by atoms with Crippen molar-refractivity contribution in [1.82, 2.24) is 0 Å². The van der Waals surface area contributed by atoms with E-state index in [0.29, 0.717) is 11.1 Å². The van der Waals surface area contributed by atoms with Gasteiger partial charge in [-0.2, -0.15) is 0 Å². The number of benzene rings is 3. The topological polar surface area (TPSA) is 55.8 Å². The van der Waals surface area contributed by atoms with Gasteiger partial charge in [0.05, 0.1) is 19.8 Å². The molecule has 0 aliphatic carbocycles. The molecule has 4 nitrogen and oxygen atoms in total. The van der Waals surface area contributed by atoms with Crippen LogP contribution >= 0.6 is 0 Å². The Kier molecular flexibility index (Phi) is 3.14. The number of ether oxygens (including phenoxy) is 2. The lowest BCUT2D eigenvalue weighted by Gasteiger charge is -2.11. The number of carboxylic acids is 1. The summed E-state index contributed by atoms with van der Waals surface area (Å²) in [5, 5.41) is 12.6. The van der Waals surface area contributed by atoms with Crippen molar-refractivity contribution >= 4 is 27.5 Å². The van der Waals surface area contributed by atoms with Gasteiger partial charge in [-0.25, -0.2) is 4.79 Å². The van der Waals surface area contributed by atoms with Crippen molar-refractivity contribution in [2.24, 2.45) is 0 Å². The summed E-state index contributed by atoms with van der Waals surface area (Å²) in [5.41, 5.74) is 0.260. The van der Waals surface area contributed by atoms with Gasteiger partial charge in [0.2, 0.25) is 0 Å². The van der Waals surface area contributed by atoms with Gasteiger partial charge in [0.15, 0.2) is 0 Å². The van der Waals surface area contributed by atoms with E-state index in [4.69, 9.17) is 9.47 Å². The van der Waals surface area contributed by atoms with Crippen molar-refractivity contribution in [2.75, 3.05) is 14.2 Å². The number of carboxylic acid groups (broad SMARTS) is 1. The zero-order valence-electron chi connectivity index (χ0n) is 11.7. The predicted octanol–water partition coefficient (Wildman–Crippen LogP) is 3.71. The molecule has 0 unspecified atom stereocenters. The van der Waals surface area contributed by atoms with Gasteiger partial charge in [-0.3, -0.25) is 0 Å². The predicted molar refractivity (Wildman–Crippen MR) is 81.5 cm³/mol. The van der Waals surface area contributed by atoms with E-state index in [1.165, 1.54) is 0 Å². The van der Waals surface area contributed by atoms with Gasteiger partial charge in [0, 0.05) is 16.2 Å². The molecule has 0 saturated carbocycles. The van der Waals surface area contributed by atoms with E-state index >= 15 is 0 Å². The molecule has 0 amide bonds. The third-order valence-corrected chi connectivity index (χ3v) is 3.61. The van der Waals surface area contributed by atoms with Crippen molar-refractivity contribution in [3.8, 4) is 11.5 Å². The summed E-state index contributed by atoms with van der Waals surface area (Å²) in [7, 11) is 3.19. The van der Waals surface area contributed by atoms with Gasteiger partial charge in [-0.1, -0.05) is 12.1 Å². The van der Waals surface area contributed by atoms with Gasteiger partial charge >= 0.3 is 5.97 Å². The monoisotopic (exact) mass is 282 g/mol. The smallest absolute Gasteiger partial charge is 0.336 e. The number of hydrogen-bond acceptors (Lipinski definition) is 3. The van der Waals surface area contributed by atoms with Crippen LogP contribution in [0.15, 0.2) is 42.5 Å². The molecule has 0 radical (unpaired) electrons. The first-order valence-corrected chi connectivity index (χ1v) is 6.46. The first-order chi connectivity index (χ1) is 10.2. The van der Waals surface area contributed by atoms with Crippen LogP contribution in [0.4, 0.5) is 0 Å². The van der Waals surface area contributed by atoms with Crippen molar-refractivity contribution in [3.63, 3.8) is 0 Å². The maximum Gasteiger partial charge on any atom is 0.336 e. The number of methoxy groups -OCH3 is 2. The lowest BCUT2D eigenvalue weighted by molar-refractivity contribution is 0.0699. The lowest BCUT2D eigenvalue weighted by atomic mass is 9.98. The Labute approximate surface area is 121 Å². The molecular formula is C17H14O4. The van der Waals surface area contributed by atoms with E-state index in [1.807, 2.05) is 30.3 Å². The van der Waals surface area contributed by atoms with Crippen molar-refractivity contribution in [3.05, 3.63) is 48.0 Å². The Morgan fingerprint density at radius 2 is 1.62 bits per heavy atom. The number of hydrogen-bond donors (Lipinski definition) is 1. The molecule has 1 N–H and O–H groups in total. The molecule has 0 spiro atoms. The van der Waals surface area contributed by atoms with Crippen LogP contribution in [-0.2, 0) is 0 Å². The fourth-order valence-corrected chi connectivity index (χ4v) is 2.60. The molecule has 0 fully saturated rings. The van der Waals surface area contributed by atoms with Crippen molar-refractivity contribution in [1.29, 1.82) is 0 Å². The van der Waals surface area contributed by atoms with E-state index in [0.717, 1.165) is 21.9 Å². The van der Waals surface area contributed by atoms with E-state index in [-0.39, 0.29) is 5.56 Å². The molecule has 0 saturated heterocycles. The highest BCUT2D eigenvalue weighted by Crippen LogP contribution is 2.35. The molecule has 3 aromatic rings. The highest BCUT2D eigenvalue weighted by atomic mass is 16.5. The molecule has 0 bridgehead atoms. The quantitative estimate of drug-likeness (QED) is 0.744. The third-order valence-electron chi connectivity index (χ3n) is 3.61. The lowest BCUT2D eigenvalue weighted by Crippen LogP contribution is -1.99. The summed E-state index contributed by atoms with van der Waals surface area (Å²) in [6, 6.07) is 12.7. The summed E-state index contributed by atoms with van der Waals surface area (Å²) in [6.07, 6.45) is 0. The highest BCUT2D eigenvalue weighted by molar-refractivity contribution is 6.11. The summed E-state index contributed by atoms with van der Waals surface area (Å²) >= 11 is 0. The fraction of sp³-hybridized carbons (Fsp3) is 0.118. The first-order valence-electron chi connectivity index (χ1n) is 6.46. The molecule has 3 aromatic carbocycles. The van der Waals surface area contributed by atoms with Crippen LogP contribution in [0.5, 0.6) is 11.5 Å². The summed E-state index contributed by atoms with van der Waals surface area (Å²) in [5.74, 6) is 0.435. The molecule has 106 valence electrons. The number of rotatable bonds is 3. The van der Waals surface area contributed by atoms with Crippen LogP contribution in [-0.4, -0.2) is 25.3 Å². The number of aromatic carboxylic acids is 1. The summed E-state index contributed by atoms with van der Waals surface area (Å²) in [4.78, 5) is 11.4. The van der Waals surface area contributed by atoms with E-state index < -0.39 is 5.97 Å². The minimum atomic E-state index is -0.954. The van der Waals surface area contributed by atoms with Gasteiger partial charge < -0.3 is 14.6 Å². The normalized spacial score (nSPS) is 10.8. The zero-order valence-corrected chi connectivity index (χ0v) is 11.7. The van der Waals surface area contributed by atoms with Gasteiger partial charge in [-0.05, 0) is 35.7 Å². The summed E-state index contributed by atoms with van der Waals surface area (Å²) < 4.78 is 10.7. The van der Waals surface area contributed by atoms with Crippen LogP contribution in [0.2, 0.25) is 0 Å². The average Bonchev–Trinajstić information content (AvgIpc) is 2.50. The van der Waals surface area contributed by atoms with E-state index in [2.05, 4.69) is 0 Å². The number of carbonyl (C=O) groups is 1.